The Balaban J connectivity index is 2.33. The molecule has 0 amide bonds. The van der Waals surface area contributed by atoms with Gasteiger partial charge in [0.2, 0.25) is 0 Å². The molecule has 0 aliphatic carbocycles. The van der Waals surface area contributed by atoms with Crippen molar-refractivity contribution in [1.82, 2.24) is 9.38 Å². The molecule has 0 saturated heterocycles. The summed E-state index contributed by atoms with van der Waals surface area (Å²) >= 11 is 0. The van der Waals surface area contributed by atoms with Crippen LogP contribution in [0.1, 0.15) is 21.6 Å². The van der Waals surface area contributed by atoms with Crippen molar-refractivity contribution in [3.63, 3.8) is 0 Å². The Labute approximate surface area is 111 Å². The monoisotopic (exact) mass is 250 g/mol. The maximum atomic E-state index is 10.9. The standard InChI is InChI=1S/C16H14N2O/c1-11-5-3-6-14(12(11)2)15-7-4-8-16-17-13(10-19)9-18(15)16/h3-10H,1-2H3. The summed E-state index contributed by atoms with van der Waals surface area (Å²) in [6.45, 7) is 4.21. The van der Waals surface area contributed by atoms with Gasteiger partial charge >= 0.3 is 0 Å². The normalized spacial score (nSPS) is 10.8. The summed E-state index contributed by atoms with van der Waals surface area (Å²) in [5, 5.41) is 0. The predicted molar refractivity (Wildman–Crippen MR) is 75.5 cm³/mol. The van der Waals surface area contributed by atoms with E-state index in [2.05, 4.69) is 31.0 Å². The third-order valence-electron chi connectivity index (χ3n) is 3.51. The summed E-state index contributed by atoms with van der Waals surface area (Å²) in [7, 11) is 0. The van der Waals surface area contributed by atoms with E-state index in [9.17, 15) is 4.79 Å². The highest BCUT2D eigenvalue weighted by Gasteiger charge is 2.09. The molecule has 3 rings (SSSR count). The quantitative estimate of drug-likeness (QED) is 0.653. The van der Waals surface area contributed by atoms with Crippen LogP contribution in [0.4, 0.5) is 0 Å². The largest absolute Gasteiger partial charge is 0.299 e. The molecule has 0 bridgehead atoms. The lowest BCUT2D eigenvalue weighted by Crippen LogP contribution is -1.94. The first-order chi connectivity index (χ1) is 9.20. The molecule has 3 nitrogen and oxygen atoms in total. The molecule has 2 aromatic heterocycles. The van der Waals surface area contributed by atoms with Gasteiger partial charge in [0.15, 0.2) is 6.29 Å². The number of aryl methyl sites for hydroxylation is 1. The molecule has 1 aromatic carbocycles. The molecule has 0 unspecified atom stereocenters. The minimum Gasteiger partial charge on any atom is -0.299 e. The van der Waals surface area contributed by atoms with Gasteiger partial charge in [0.25, 0.3) is 0 Å². The fourth-order valence-corrected chi connectivity index (χ4v) is 2.33. The first-order valence-corrected chi connectivity index (χ1v) is 6.20. The minimum absolute atomic E-state index is 0.456. The van der Waals surface area contributed by atoms with Crippen LogP contribution in [-0.4, -0.2) is 15.7 Å². The van der Waals surface area contributed by atoms with Crippen molar-refractivity contribution in [3.05, 3.63) is 59.4 Å². The number of fused-ring (bicyclic) bond motifs is 1. The first kappa shape index (κ1) is 11.7. The number of carbonyl (C=O) groups excluding carboxylic acids is 1. The van der Waals surface area contributed by atoms with Crippen LogP contribution in [0.25, 0.3) is 16.9 Å². The summed E-state index contributed by atoms with van der Waals surface area (Å²) in [6.07, 6.45) is 2.55. The molecule has 3 aromatic rings. The lowest BCUT2D eigenvalue weighted by molar-refractivity contribution is 0.111. The Morgan fingerprint density at radius 1 is 1.11 bits per heavy atom. The van der Waals surface area contributed by atoms with Gasteiger partial charge in [-0.1, -0.05) is 24.3 Å². The van der Waals surface area contributed by atoms with Gasteiger partial charge in [-0.25, -0.2) is 4.98 Å². The minimum atomic E-state index is 0.456. The highest BCUT2D eigenvalue weighted by atomic mass is 16.1. The van der Waals surface area contributed by atoms with Gasteiger partial charge in [-0.2, -0.15) is 0 Å². The highest BCUT2D eigenvalue weighted by molar-refractivity contribution is 5.75. The van der Waals surface area contributed by atoms with Gasteiger partial charge < -0.3 is 0 Å². The average molecular weight is 250 g/mol. The summed E-state index contributed by atoms with van der Waals surface area (Å²) in [4.78, 5) is 15.1. The molecule has 0 fully saturated rings. The zero-order valence-corrected chi connectivity index (χ0v) is 10.9. The van der Waals surface area contributed by atoms with Gasteiger partial charge in [0.05, 0.1) is 5.69 Å². The van der Waals surface area contributed by atoms with E-state index < -0.39 is 0 Å². The summed E-state index contributed by atoms with van der Waals surface area (Å²) in [6, 6.07) is 12.2. The van der Waals surface area contributed by atoms with Crippen LogP contribution in [0, 0.1) is 13.8 Å². The Morgan fingerprint density at radius 3 is 2.68 bits per heavy atom. The van der Waals surface area contributed by atoms with E-state index in [0.29, 0.717) is 5.69 Å². The lowest BCUT2D eigenvalue weighted by Gasteiger charge is -2.10. The zero-order chi connectivity index (χ0) is 13.4. The summed E-state index contributed by atoms with van der Waals surface area (Å²) < 4.78 is 1.96. The van der Waals surface area contributed by atoms with Gasteiger partial charge in [-0.15, -0.1) is 0 Å². The fourth-order valence-electron chi connectivity index (χ4n) is 2.33. The van der Waals surface area contributed by atoms with E-state index in [-0.39, 0.29) is 0 Å². The zero-order valence-electron chi connectivity index (χ0n) is 10.9. The summed E-state index contributed by atoms with van der Waals surface area (Å²) in [5.41, 5.74) is 5.97. The number of pyridine rings is 1. The molecule has 0 atom stereocenters. The van der Waals surface area contributed by atoms with E-state index in [1.165, 1.54) is 16.7 Å². The second-order valence-electron chi connectivity index (χ2n) is 4.67. The van der Waals surface area contributed by atoms with E-state index in [1.54, 1.807) is 6.20 Å². The Morgan fingerprint density at radius 2 is 1.89 bits per heavy atom. The van der Waals surface area contributed by atoms with Gasteiger partial charge in [-0.3, -0.25) is 9.20 Å². The number of hydrogen-bond acceptors (Lipinski definition) is 2. The molecule has 0 aliphatic rings. The van der Waals surface area contributed by atoms with Gasteiger partial charge in [0, 0.05) is 11.8 Å². The molecular formula is C16H14N2O. The third-order valence-corrected chi connectivity index (χ3v) is 3.51. The van der Waals surface area contributed by atoms with Gasteiger partial charge in [0.1, 0.15) is 11.3 Å². The number of benzene rings is 1. The van der Waals surface area contributed by atoms with E-state index in [4.69, 9.17) is 0 Å². The van der Waals surface area contributed by atoms with Gasteiger partial charge in [-0.05, 0) is 37.1 Å². The van der Waals surface area contributed by atoms with Crippen molar-refractivity contribution in [3.8, 4) is 11.3 Å². The van der Waals surface area contributed by atoms with Crippen LogP contribution in [-0.2, 0) is 0 Å². The van der Waals surface area contributed by atoms with E-state index >= 15 is 0 Å². The maximum absolute atomic E-state index is 10.9. The van der Waals surface area contributed by atoms with Crippen LogP contribution < -0.4 is 0 Å². The van der Waals surface area contributed by atoms with E-state index in [1.807, 2.05) is 28.7 Å². The third kappa shape index (κ3) is 1.83. The number of nitrogens with zero attached hydrogens (tertiary/aromatic N) is 2. The Hall–Kier alpha value is -2.42. The molecule has 2 heterocycles. The molecule has 94 valence electrons. The van der Waals surface area contributed by atoms with Crippen LogP contribution in [0.2, 0.25) is 0 Å². The van der Waals surface area contributed by atoms with Crippen LogP contribution in [0.15, 0.2) is 42.6 Å². The molecule has 0 N–H and O–H groups in total. The molecule has 3 heteroatoms. The second kappa shape index (κ2) is 4.35. The highest BCUT2D eigenvalue weighted by Crippen LogP contribution is 2.26. The summed E-state index contributed by atoms with van der Waals surface area (Å²) in [5.74, 6) is 0. The number of imidazole rings is 1. The Kier molecular flexibility index (Phi) is 2.67. The van der Waals surface area contributed by atoms with Crippen molar-refractivity contribution < 1.29 is 4.79 Å². The first-order valence-electron chi connectivity index (χ1n) is 6.20. The molecule has 0 radical (unpaired) electrons. The van der Waals surface area contributed by atoms with Crippen molar-refractivity contribution >= 4 is 11.9 Å². The van der Waals surface area contributed by atoms with Crippen molar-refractivity contribution in [2.45, 2.75) is 13.8 Å². The molecule has 0 spiro atoms. The number of aldehydes is 1. The molecular weight excluding hydrogens is 236 g/mol. The van der Waals surface area contributed by atoms with Crippen LogP contribution in [0.5, 0.6) is 0 Å². The van der Waals surface area contributed by atoms with Crippen molar-refractivity contribution in [2.24, 2.45) is 0 Å². The SMILES string of the molecule is Cc1cccc(-c2cccc3nc(C=O)cn23)c1C. The topological polar surface area (TPSA) is 34.4 Å². The second-order valence-corrected chi connectivity index (χ2v) is 4.67. The smallest absolute Gasteiger partial charge is 0.170 e. The lowest BCUT2D eigenvalue weighted by atomic mass is 10.0. The Bertz CT molecular complexity index is 772. The maximum Gasteiger partial charge on any atom is 0.170 e. The molecule has 0 saturated carbocycles. The number of carbonyl (C=O) groups is 1. The van der Waals surface area contributed by atoms with Crippen molar-refractivity contribution in [2.75, 3.05) is 0 Å². The molecule has 0 aliphatic heterocycles. The van der Waals surface area contributed by atoms with Crippen LogP contribution in [0.3, 0.4) is 0 Å². The fraction of sp³-hybridized carbons (Fsp3) is 0.125. The number of aromatic nitrogens is 2. The van der Waals surface area contributed by atoms with Crippen LogP contribution >= 0.6 is 0 Å². The molecule has 19 heavy (non-hydrogen) atoms. The average Bonchev–Trinajstić information content (AvgIpc) is 2.85. The van der Waals surface area contributed by atoms with Crippen molar-refractivity contribution in [1.29, 1.82) is 0 Å². The predicted octanol–water partition coefficient (Wildman–Crippen LogP) is 3.43. The number of rotatable bonds is 2. The van der Waals surface area contributed by atoms with E-state index in [0.717, 1.165) is 17.6 Å². The number of hydrogen-bond donors (Lipinski definition) is 0.